The number of carbonyl (C=O) groups is 1. The van der Waals surface area contributed by atoms with Crippen molar-refractivity contribution in [3.63, 3.8) is 0 Å². The van der Waals surface area contributed by atoms with E-state index in [4.69, 9.17) is 4.74 Å². The highest BCUT2D eigenvalue weighted by Gasteiger charge is 2.43. The molecule has 1 saturated heterocycles. The van der Waals surface area contributed by atoms with Crippen molar-refractivity contribution in [2.75, 3.05) is 11.9 Å². The quantitative estimate of drug-likeness (QED) is 0.827. The van der Waals surface area contributed by atoms with Crippen LogP contribution in [0.4, 0.5) is 10.5 Å². The number of benzene rings is 1. The molecule has 3 rings (SSSR count). The fourth-order valence-electron chi connectivity index (χ4n) is 3.09. The van der Waals surface area contributed by atoms with Crippen LogP contribution >= 0.6 is 0 Å². The topological polar surface area (TPSA) is 50.4 Å². The lowest BCUT2D eigenvalue weighted by molar-refractivity contribution is 0.0636. The molecule has 2 N–H and O–H groups in total. The van der Waals surface area contributed by atoms with Gasteiger partial charge in [-0.2, -0.15) is 0 Å². The SMILES string of the molecule is CC(C)(C)OC(=O)Nc1ccc2c(c1)C1(CCN1)CC2. The van der Waals surface area contributed by atoms with Crippen LogP contribution in [0, 0.1) is 0 Å². The van der Waals surface area contributed by atoms with E-state index >= 15 is 0 Å². The van der Waals surface area contributed by atoms with Crippen LogP contribution in [0.5, 0.6) is 0 Å². The van der Waals surface area contributed by atoms with Gasteiger partial charge in [-0.3, -0.25) is 5.32 Å². The van der Waals surface area contributed by atoms with Crippen molar-refractivity contribution in [3.05, 3.63) is 29.3 Å². The average molecular weight is 274 g/mol. The van der Waals surface area contributed by atoms with Gasteiger partial charge in [0.05, 0.1) is 0 Å². The number of amides is 1. The van der Waals surface area contributed by atoms with Crippen LogP contribution in [0.2, 0.25) is 0 Å². The van der Waals surface area contributed by atoms with Gasteiger partial charge in [-0.1, -0.05) is 6.07 Å². The van der Waals surface area contributed by atoms with Crippen molar-refractivity contribution >= 4 is 11.8 Å². The second-order valence-corrected chi connectivity index (χ2v) is 6.76. The first-order valence-electron chi connectivity index (χ1n) is 7.26. The Morgan fingerprint density at radius 3 is 2.70 bits per heavy atom. The number of nitrogens with one attached hydrogen (secondary N) is 2. The minimum Gasteiger partial charge on any atom is -0.444 e. The van der Waals surface area contributed by atoms with Gasteiger partial charge in [0.25, 0.3) is 0 Å². The second kappa shape index (κ2) is 4.48. The van der Waals surface area contributed by atoms with Crippen LogP contribution in [0.25, 0.3) is 0 Å². The monoisotopic (exact) mass is 274 g/mol. The van der Waals surface area contributed by atoms with Crippen LogP contribution in [0.1, 0.15) is 44.7 Å². The van der Waals surface area contributed by atoms with Gasteiger partial charge in [-0.25, -0.2) is 4.79 Å². The number of hydrogen-bond donors (Lipinski definition) is 2. The van der Waals surface area contributed by atoms with Crippen LogP contribution in [0.3, 0.4) is 0 Å². The Bertz CT molecular complexity index is 542. The smallest absolute Gasteiger partial charge is 0.412 e. The van der Waals surface area contributed by atoms with Gasteiger partial charge in [0.1, 0.15) is 5.60 Å². The van der Waals surface area contributed by atoms with Crippen LogP contribution in [-0.4, -0.2) is 18.2 Å². The third kappa shape index (κ3) is 2.40. The molecule has 1 unspecified atom stereocenters. The van der Waals surface area contributed by atoms with Gasteiger partial charge < -0.3 is 10.1 Å². The molecule has 0 saturated carbocycles. The van der Waals surface area contributed by atoms with Gasteiger partial charge in [0.15, 0.2) is 0 Å². The molecule has 1 fully saturated rings. The van der Waals surface area contributed by atoms with Crippen LogP contribution < -0.4 is 10.6 Å². The molecule has 0 aromatic heterocycles. The molecular formula is C16H22N2O2. The first kappa shape index (κ1) is 13.4. The summed E-state index contributed by atoms with van der Waals surface area (Å²) in [4.78, 5) is 11.8. The number of fused-ring (bicyclic) bond motifs is 2. The maximum atomic E-state index is 11.8. The summed E-state index contributed by atoms with van der Waals surface area (Å²) in [7, 11) is 0. The molecule has 2 aliphatic rings. The third-order valence-electron chi connectivity index (χ3n) is 4.11. The molecule has 0 radical (unpaired) electrons. The fourth-order valence-corrected chi connectivity index (χ4v) is 3.09. The Labute approximate surface area is 119 Å². The zero-order chi connectivity index (χ0) is 14.4. The molecule has 1 aliphatic carbocycles. The van der Waals surface area contributed by atoms with E-state index in [1.165, 1.54) is 17.5 Å². The summed E-state index contributed by atoms with van der Waals surface area (Å²) in [6.07, 6.45) is 3.08. The molecule has 20 heavy (non-hydrogen) atoms. The summed E-state index contributed by atoms with van der Waals surface area (Å²) in [5.74, 6) is 0. The highest BCUT2D eigenvalue weighted by Crippen LogP contribution is 2.44. The van der Waals surface area contributed by atoms with Gasteiger partial charge in [-0.15, -0.1) is 0 Å². The molecule has 1 aromatic rings. The van der Waals surface area contributed by atoms with Crippen molar-refractivity contribution in [1.29, 1.82) is 0 Å². The summed E-state index contributed by atoms with van der Waals surface area (Å²) in [6.45, 7) is 6.68. The zero-order valence-corrected chi connectivity index (χ0v) is 12.4. The maximum Gasteiger partial charge on any atom is 0.412 e. The largest absolute Gasteiger partial charge is 0.444 e. The van der Waals surface area contributed by atoms with Crippen LogP contribution in [0.15, 0.2) is 18.2 Å². The summed E-state index contributed by atoms with van der Waals surface area (Å²) < 4.78 is 5.29. The van der Waals surface area contributed by atoms with Crippen molar-refractivity contribution in [3.8, 4) is 0 Å². The Morgan fingerprint density at radius 2 is 2.10 bits per heavy atom. The molecule has 1 atom stereocenters. The van der Waals surface area contributed by atoms with E-state index < -0.39 is 11.7 Å². The summed E-state index contributed by atoms with van der Waals surface area (Å²) in [6, 6.07) is 6.18. The van der Waals surface area contributed by atoms with Gasteiger partial charge >= 0.3 is 6.09 Å². The molecule has 0 bridgehead atoms. The number of carbonyl (C=O) groups excluding carboxylic acids is 1. The highest BCUT2D eigenvalue weighted by atomic mass is 16.6. The molecule has 4 nitrogen and oxygen atoms in total. The normalized spacial score (nSPS) is 24.1. The first-order chi connectivity index (χ1) is 9.38. The minimum absolute atomic E-state index is 0.168. The molecular weight excluding hydrogens is 252 g/mol. The lowest BCUT2D eigenvalue weighted by Crippen LogP contribution is -2.52. The Hall–Kier alpha value is -1.55. The van der Waals surface area contributed by atoms with E-state index in [0.29, 0.717) is 0 Å². The Morgan fingerprint density at radius 1 is 1.35 bits per heavy atom. The average Bonchev–Trinajstić information content (AvgIpc) is 2.64. The maximum absolute atomic E-state index is 11.8. The number of ether oxygens (including phenoxy) is 1. The van der Waals surface area contributed by atoms with E-state index in [2.05, 4.69) is 22.8 Å². The number of hydrogen-bond acceptors (Lipinski definition) is 3. The lowest BCUT2D eigenvalue weighted by atomic mass is 9.82. The summed E-state index contributed by atoms with van der Waals surface area (Å²) >= 11 is 0. The molecule has 1 amide bonds. The Kier molecular flexibility index (Phi) is 3.01. The van der Waals surface area contributed by atoms with Crippen molar-refractivity contribution in [2.24, 2.45) is 0 Å². The predicted molar refractivity (Wildman–Crippen MR) is 78.9 cm³/mol. The first-order valence-corrected chi connectivity index (χ1v) is 7.26. The summed E-state index contributed by atoms with van der Waals surface area (Å²) in [5, 5.41) is 6.38. The van der Waals surface area contributed by atoms with Crippen molar-refractivity contribution < 1.29 is 9.53 Å². The fraction of sp³-hybridized carbons (Fsp3) is 0.562. The highest BCUT2D eigenvalue weighted by molar-refractivity contribution is 5.85. The molecule has 1 aliphatic heterocycles. The van der Waals surface area contributed by atoms with E-state index in [1.807, 2.05) is 26.8 Å². The van der Waals surface area contributed by atoms with E-state index in [9.17, 15) is 4.79 Å². The predicted octanol–water partition coefficient (Wildman–Crippen LogP) is 3.17. The van der Waals surface area contributed by atoms with Crippen molar-refractivity contribution in [1.82, 2.24) is 5.32 Å². The summed E-state index contributed by atoms with van der Waals surface area (Å²) in [5.41, 5.74) is 3.25. The minimum atomic E-state index is -0.475. The standard InChI is InChI=1S/C16H22N2O2/c1-15(2,3)20-14(19)18-12-5-4-11-6-7-16(8-9-17-16)13(11)10-12/h4-5,10,17H,6-9H2,1-3H3,(H,18,19). The number of aryl methyl sites for hydroxylation is 1. The second-order valence-electron chi connectivity index (χ2n) is 6.76. The number of anilines is 1. The lowest BCUT2D eigenvalue weighted by Gasteiger charge is -2.41. The zero-order valence-electron chi connectivity index (χ0n) is 12.4. The molecule has 1 heterocycles. The molecule has 1 spiro atoms. The van der Waals surface area contributed by atoms with E-state index in [-0.39, 0.29) is 5.54 Å². The molecule has 108 valence electrons. The molecule has 4 heteroatoms. The number of rotatable bonds is 1. The van der Waals surface area contributed by atoms with Gasteiger partial charge in [-0.05, 0) is 69.8 Å². The van der Waals surface area contributed by atoms with Gasteiger partial charge in [0.2, 0.25) is 0 Å². The van der Waals surface area contributed by atoms with Crippen molar-refractivity contribution in [2.45, 2.75) is 51.2 Å². The molecule has 1 aromatic carbocycles. The van der Waals surface area contributed by atoms with Gasteiger partial charge in [0, 0.05) is 11.2 Å². The Balaban J connectivity index is 1.76. The third-order valence-corrected chi connectivity index (χ3v) is 4.11. The van der Waals surface area contributed by atoms with E-state index in [1.54, 1.807) is 0 Å². The van der Waals surface area contributed by atoms with E-state index in [0.717, 1.165) is 25.1 Å². The van der Waals surface area contributed by atoms with Crippen LogP contribution in [-0.2, 0) is 16.7 Å².